The van der Waals surface area contributed by atoms with Gasteiger partial charge in [-0.2, -0.15) is 0 Å². The summed E-state index contributed by atoms with van der Waals surface area (Å²) in [5.74, 6) is -0.324. The van der Waals surface area contributed by atoms with Crippen molar-refractivity contribution in [1.82, 2.24) is 4.57 Å². The molecule has 0 saturated carbocycles. The van der Waals surface area contributed by atoms with Gasteiger partial charge in [-0.1, -0.05) is 39.0 Å². The van der Waals surface area contributed by atoms with Crippen LogP contribution in [0.25, 0.3) is 11.1 Å². The third kappa shape index (κ3) is 3.49. The van der Waals surface area contributed by atoms with Gasteiger partial charge in [0.2, 0.25) is 5.91 Å². The lowest BCUT2D eigenvalue weighted by Gasteiger charge is -2.21. The molecule has 0 atom stereocenters. The van der Waals surface area contributed by atoms with Gasteiger partial charge >= 0.3 is 5.76 Å². The number of para-hydroxylation sites is 2. The number of oxazole rings is 1. The topological polar surface area (TPSA) is 73.5 Å². The number of fused-ring (bicyclic) bond motifs is 1. The van der Waals surface area contributed by atoms with Crippen LogP contribution in [0.5, 0.6) is 5.75 Å². The van der Waals surface area contributed by atoms with E-state index in [1.165, 1.54) is 4.57 Å². The molecular formula is C20H22N2O4. The van der Waals surface area contributed by atoms with Gasteiger partial charge < -0.3 is 14.5 Å². The summed E-state index contributed by atoms with van der Waals surface area (Å²) >= 11 is 0. The second-order valence-corrected chi connectivity index (χ2v) is 7.14. The Bertz CT molecular complexity index is 1010. The van der Waals surface area contributed by atoms with Crippen LogP contribution in [0.2, 0.25) is 0 Å². The lowest BCUT2D eigenvalue weighted by atomic mass is 9.87. The summed E-state index contributed by atoms with van der Waals surface area (Å²) < 4.78 is 11.8. The van der Waals surface area contributed by atoms with Crippen LogP contribution in [0.15, 0.2) is 51.7 Å². The zero-order chi connectivity index (χ0) is 18.9. The summed E-state index contributed by atoms with van der Waals surface area (Å²) in [6.45, 7) is 6.14. The quantitative estimate of drug-likeness (QED) is 0.778. The van der Waals surface area contributed by atoms with Crippen molar-refractivity contribution in [2.75, 3.05) is 12.4 Å². The number of ether oxygens (including phenoxy) is 1. The van der Waals surface area contributed by atoms with Crippen LogP contribution in [0.3, 0.4) is 0 Å². The number of methoxy groups -OCH3 is 1. The van der Waals surface area contributed by atoms with E-state index in [9.17, 15) is 9.59 Å². The van der Waals surface area contributed by atoms with Crippen molar-refractivity contribution in [2.45, 2.75) is 32.7 Å². The van der Waals surface area contributed by atoms with E-state index in [-0.39, 0.29) is 17.9 Å². The molecule has 0 unspecified atom stereocenters. The summed E-state index contributed by atoms with van der Waals surface area (Å²) in [7, 11) is 1.55. The highest BCUT2D eigenvalue weighted by Crippen LogP contribution is 2.31. The zero-order valence-electron chi connectivity index (χ0n) is 15.3. The SMILES string of the molecule is COc1ccc(C(C)(C)C)cc1NC(=O)Cn1c(=O)oc2ccccc21. The van der Waals surface area contributed by atoms with E-state index in [1.807, 2.05) is 18.2 Å². The molecule has 1 aromatic heterocycles. The lowest BCUT2D eigenvalue weighted by molar-refractivity contribution is -0.116. The maximum absolute atomic E-state index is 12.5. The van der Waals surface area contributed by atoms with E-state index in [0.717, 1.165) is 5.56 Å². The van der Waals surface area contributed by atoms with E-state index in [4.69, 9.17) is 9.15 Å². The van der Waals surface area contributed by atoms with Gasteiger partial charge in [0.1, 0.15) is 12.3 Å². The molecule has 1 N–H and O–H groups in total. The molecule has 3 rings (SSSR count). The van der Waals surface area contributed by atoms with E-state index in [0.29, 0.717) is 22.5 Å². The number of anilines is 1. The number of rotatable bonds is 4. The first kappa shape index (κ1) is 17.8. The molecule has 0 radical (unpaired) electrons. The minimum absolute atomic E-state index is 0.0660. The van der Waals surface area contributed by atoms with Crippen molar-refractivity contribution in [3.63, 3.8) is 0 Å². The summed E-state index contributed by atoms with van der Waals surface area (Å²) in [4.78, 5) is 24.6. The number of hydrogen-bond donors (Lipinski definition) is 1. The van der Waals surface area contributed by atoms with Crippen molar-refractivity contribution in [3.05, 3.63) is 58.6 Å². The van der Waals surface area contributed by atoms with Gasteiger partial charge in [-0.3, -0.25) is 9.36 Å². The largest absolute Gasteiger partial charge is 0.495 e. The zero-order valence-corrected chi connectivity index (χ0v) is 15.3. The van der Waals surface area contributed by atoms with Crippen molar-refractivity contribution in [3.8, 4) is 5.75 Å². The molecule has 6 heteroatoms. The molecular weight excluding hydrogens is 332 g/mol. The fourth-order valence-corrected chi connectivity index (χ4v) is 2.77. The molecule has 0 aliphatic carbocycles. The summed E-state index contributed by atoms with van der Waals surface area (Å²) in [6.07, 6.45) is 0. The highest BCUT2D eigenvalue weighted by atomic mass is 16.5. The standard InChI is InChI=1S/C20H22N2O4/c1-20(2,3)13-9-10-16(25-4)14(11-13)21-18(23)12-22-15-7-5-6-8-17(15)26-19(22)24/h5-11H,12H2,1-4H3,(H,21,23). The number of aromatic nitrogens is 1. The van der Waals surface area contributed by atoms with Crippen LogP contribution in [0.4, 0.5) is 5.69 Å². The first-order valence-corrected chi connectivity index (χ1v) is 8.36. The predicted molar refractivity (Wildman–Crippen MR) is 101 cm³/mol. The Morgan fingerprint density at radius 2 is 1.92 bits per heavy atom. The van der Waals surface area contributed by atoms with Crippen molar-refractivity contribution in [1.29, 1.82) is 0 Å². The minimum atomic E-state index is -0.559. The fourth-order valence-electron chi connectivity index (χ4n) is 2.77. The number of carbonyl (C=O) groups excluding carboxylic acids is 1. The molecule has 0 spiro atoms. The van der Waals surface area contributed by atoms with Crippen molar-refractivity contribution < 1.29 is 13.9 Å². The van der Waals surface area contributed by atoms with Crippen molar-refractivity contribution >= 4 is 22.7 Å². The van der Waals surface area contributed by atoms with Crippen LogP contribution in [0, 0.1) is 0 Å². The van der Waals surface area contributed by atoms with E-state index in [1.54, 1.807) is 31.4 Å². The Balaban J connectivity index is 1.88. The molecule has 6 nitrogen and oxygen atoms in total. The summed E-state index contributed by atoms with van der Waals surface area (Å²) in [5, 5.41) is 2.84. The highest BCUT2D eigenvalue weighted by Gasteiger charge is 2.18. The second-order valence-electron chi connectivity index (χ2n) is 7.14. The van der Waals surface area contributed by atoms with E-state index in [2.05, 4.69) is 26.1 Å². The lowest BCUT2D eigenvalue weighted by Crippen LogP contribution is -2.25. The van der Waals surface area contributed by atoms with Crippen LogP contribution in [0.1, 0.15) is 26.3 Å². The first-order chi connectivity index (χ1) is 12.3. The molecule has 0 fully saturated rings. The Kier molecular flexibility index (Phi) is 4.59. The molecule has 3 aromatic rings. The Morgan fingerprint density at radius 3 is 2.62 bits per heavy atom. The third-order valence-corrected chi connectivity index (χ3v) is 4.22. The predicted octanol–water partition coefficient (Wildman–Crippen LogP) is 3.54. The minimum Gasteiger partial charge on any atom is -0.495 e. The third-order valence-electron chi connectivity index (χ3n) is 4.22. The second kappa shape index (κ2) is 6.71. The molecule has 0 saturated heterocycles. The maximum atomic E-state index is 12.5. The molecule has 0 aliphatic rings. The smallest absolute Gasteiger partial charge is 0.420 e. The number of benzene rings is 2. The van der Waals surface area contributed by atoms with Crippen LogP contribution < -0.4 is 15.8 Å². The number of nitrogens with one attached hydrogen (secondary N) is 1. The van der Waals surface area contributed by atoms with E-state index < -0.39 is 5.76 Å². The molecule has 0 aliphatic heterocycles. The average Bonchev–Trinajstić information content (AvgIpc) is 2.89. The van der Waals surface area contributed by atoms with Crippen LogP contribution in [-0.4, -0.2) is 17.6 Å². The van der Waals surface area contributed by atoms with Gasteiger partial charge in [-0.05, 0) is 35.2 Å². The summed E-state index contributed by atoms with van der Waals surface area (Å²) in [6, 6.07) is 12.7. The number of hydrogen-bond acceptors (Lipinski definition) is 4. The molecule has 0 bridgehead atoms. The molecule has 1 amide bonds. The van der Waals surface area contributed by atoms with Gasteiger partial charge in [-0.15, -0.1) is 0 Å². The van der Waals surface area contributed by atoms with E-state index >= 15 is 0 Å². The number of carbonyl (C=O) groups is 1. The Labute approximate surface area is 151 Å². The molecule has 1 heterocycles. The van der Waals surface area contributed by atoms with Crippen LogP contribution in [-0.2, 0) is 16.8 Å². The molecule has 136 valence electrons. The average molecular weight is 354 g/mol. The molecule has 2 aromatic carbocycles. The fraction of sp³-hybridized carbons (Fsp3) is 0.300. The molecule has 26 heavy (non-hydrogen) atoms. The monoisotopic (exact) mass is 354 g/mol. The Morgan fingerprint density at radius 1 is 1.19 bits per heavy atom. The highest BCUT2D eigenvalue weighted by molar-refractivity contribution is 5.93. The number of amides is 1. The first-order valence-electron chi connectivity index (χ1n) is 8.36. The number of nitrogens with zero attached hydrogens (tertiary/aromatic N) is 1. The Hall–Kier alpha value is -3.02. The van der Waals surface area contributed by atoms with Gasteiger partial charge in [-0.25, -0.2) is 4.79 Å². The summed E-state index contributed by atoms with van der Waals surface area (Å²) in [5.41, 5.74) is 2.62. The van der Waals surface area contributed by atoms with Crippen molar-refractivity contribution in [2.24, 2.45) is 0 Å². The van der Waals surface area contributed by atoms with Gasteiger partial charge in [0, 0.05) is 0 Å². The maximum Gasteiger partial charge on any atom is 0.420 e. The normalized spacial score (nSPS) is 11.5. The van der Waals surface area contributed by atoms with Gasteiger partial charge in [0.25, 0.3) is 0 Å². The van der Waals surface area contributed by atoms with Gasteiger partial charge in [0.15, 0.2) is 5.58 Å². The van der Waals surface area contributed by atoms with Crippen LogP contribution >= 0.6 is 0 Å². The van der Waals surface area contributed by atoms with Gasteiger partial charge in [0.05, 0.1) is 18.3 Å².